The Balaban J connectivity index is 0.00000151. The Labute approximate surface area is 230 Å². The summed E-state index contributed by atoms with van der Waals surface area (Å²) < 4.78 is 2.08. The summed E-state index contributed by atoms with van der Waals surface area (Å²) in [6, 6.07) is 26.7. The van der Waals surface area contributed by atoms with E-state index < -0.39 is 0 Å². The number of hydrogen-bond donors (Lipinski definition) is 3. The molecule has 0 spiro atoms. The molecule has 1 atom stereocenters. The van der Waals surface area contributed by atoms with Gasteiger partial charge in [-0.15, -0.1) is 0 Å². The van der Waals surface area contributed by atoms with Crippen molar-refractivity contribution in [1.82, 2.24) is 30.2 Å². The molecule has 0 aliphatic carbocycles. The molecule has 1 fully saturated rings. The van der Waals surface area contributed by atoms with Gasteiger partial charge in [0.1, 0.15) is 11.3 Å². The Morgan fingerprint density at radius 1 is 0.949 bits per heavy atom. The number of nitrogens with zero attached hydrogens (tertiary/aromatic N) is 4. The van der Waals surface area contributed by atoms with Gasteiger partial charge in [0.05, 0.1) is 11.3 Å². The first-order valence-corrected chi connectivity index (χ1v) is 13.9. The number of aromatic nitrogens is 4. The molecule has 0 saturated carbocycles. The number of hydrogen-bond acceptors (Lipinski definition) is 6. The van der Waals surface area contributed by atoms with Crippen molar-refractivity contribution >= 4 is 17.0 Å². The van der Waals surface area contributed by atoms with Crippen LogP contribution in [0.4, 0.5) is 5.82 Å². The van der Waals surface area contributed by atoms with Gasteiger partial charge in [0.25, 0.3) is 0 Å². The van der Waals surface area contributed by atoms with Crippen LogP contribution in [0, 0.1) is 5.92 Å². The van der Waals surface area contributed by atoms with Gasteiger partial charge in [0.2, 0.25) is 0 Å². The molecular weight excluding hydrogens is 482 g/mol. The fourth-order valence-corrected chi connectivity index (χ4v) is 5.04. The van der Waals surface area contributed by atoms with Crippen molar-refractivity contribution in [1.29, 1.82) is 0 Å². The van der Waals surface area contributed by atoms with Crippen LogP contribution in [0.2, 0.25) is 0 Å². The second-order valence-electron chi connectivity index (χ2n) is 9.62. The first-order valence-electron chi connectivity index (χ1n) is 13.9. The third-order valence-electron chi connectivity index (χ3n) is 7.01. The van der Waals surface area contributed by atoms with Crippen molar-refractivity contribution in [3.63, 3.8) is 0 Å². The van der Waals surface area contributed by atoms with Crippen LogP contribution in [0.25, 0.3) is 39.5 Å². The summed E-state index contributed by atoms with van der Waals surface area (Å²) in [6.45, 7) is 8.14. The summed E-state index contributed by atoms with van der Waals surface area (Å²) in [5.41, 5.74) is 12.9. The van der Waals surface area contributed by atoms with E-state index in [2.05, 4.69) is 56.6 Å². The molecule has 3 aromatic heterocycles. The fraction of sp³-hybridized carbons (Fsp3) is 0.281. The molecule has 2 aromatic carbocycles. The standard InChI is InChI=1S/C30H31N7.C2H6/c31-28-25(9-5-17-34-28)29-36-27-15-14-26(23-7-2-1-3-8-23)35-30(27)37(29)24-12-10-21(11-13-24)18-33-20-22-6-4-16-32-19-22;1-2/h1-3,5,7-15,17,22,32-33H,4,6,16,18-20H2,(H2,31,34);1-2H3. The van der Waals surface area contributed by atoms with Crippen LogP contribution in [0.15, 0.2) is 85.1 Å². The Morgan fingerprint density at radius 3 is 2.51 bits per heavy atom. The molecule has 7 heteroatoms. The highest BCUT2D eigenvalue weighted by atomic mass is 15.1. The van der Waals surface area contributed by atoms with Crippen molar-refractivity contribution in [2.45, 2.75) is 33.2 Å². The van der Waals surface area contributed by atoms with Crippen LogP contribution in [0.5, 0.6) is 0 Å². The zero-order valence-electron chi connectivity index (χ0n) is 22.8. The molecule has 5 aromatic rings. The van der Waals surface area contributed by atoms with Crippen molar-refractivity contribution in [3.05, 3.63) is 90.6 Å². The summed E-state index contributed by atoms with van der Waals surface area (Å²) in [6.07, 6.45) is 4.26. The highest BCUT2D eigenvalue weighted by Gasteiger charge is 2.19. The van der Waals surface area contributed by atoms with Gasteiger partial charge in [-0.05, 0) is 80.4 Å². The molecule has 7 nitrogen and oxygen atoms in total. The van der Waals surface area contributed by atoms with E-state index >= 15 is 0 Å². The molecule has 0 radical (unpaired) electrons. The second-order valence-corrected chi connectivity index (χ2v) is 9.62. The number of imidazole rings is 1. The van der Waals surface area contributed by atoms with E-state index in [1.165, 1.54) is 18.4 Å². The molecule has 4 N–H and O–H groups in total. The Morgan fingerprint density at radius 2 is 1.77 bits per heavy atom. The lowest BCUT2D eigenvalue weighted by Crippen LogP contribution is -2.35. The maximum Gasteiger partial charge on any atom is 0.165 e. The largest absolute Gasteiger partial charge is 0.383 e. The summed E-state index contributed by atoms with van der Waals surface area (Å²) in [4.78, 5) is 14.3. The van der Waals surface area contributed by atoms with Crippen molar-refractivity contribution < 1.29 is 0 Å². The number of piperidine rings is 1. The quantitative estimate of drug-likeness (QED) is 0.250. The normalized spacial score (nSPS) is 15.1. The molecule has 1 aliphatic rings. The molecule has 4 heterocycles. The molecule has 1 aliphatic heterocycles. The molecule has 1 saturated heterocycles. The van der Waals surface area contributed by atoms with E-state index in [0.29, 0.717) is 11.7 Å². The van der Waals surface area contributed by atoms with Gasteiger partial charge in [-0.1, -0.05) is 56.3 Å². The van der Waals surface area contributed by atoms with Gasteiger partial charge in [-0.25, -0.2) is 15.0 Å². The van der Waals surface area contributed by atoms with Gasteiger partial charge in [0, 0.05) is 24.0 Å². The first kappa shape index (κ1) is 26.5. The number of nitrogens with two attached hydrogens (primary N) is 1. The molecule has 39 heavy (non-hydrogen) atoms. The predicted octanol–water partition coefficient (Wildman–Crippen LogP) is 5.85. The third kappa shape index (κ3) is 6.00. The fourth-order valence-electron chi connectivity index (χ4n) is 5.04. The minimum absolute atomic E-state index is 0.445. The maximum absolute atomic E-state index is 6.29. The first-order chi connectivity index (χ1) is 19.3. The zero-order chi connectivity index (χ0) is 27.0. The minimum Gasteiger partial charge on any atom is -0.383 e. The average molecular weight is 520 g/mol. The Kier molecular flexibility index (Phi) is 8.61. The Hall–Kier alpha value is -4.07. The van der Waals surface area contributed by atoms with Crippen LogP contribution >= 0.6 is 0 Å². The highest BCUT2D eigenvalue weighted by Crippen LogP contribution is 2.31. The van der Waals surface area contributed by atoms with Crippen LogP contribution in [-0.4, -0.2) is 39.2 Å². The van der Waals surface area contributed by atoms with Crippen LogP contribution in [0.3, 0.4) is 0 Å². The molecule has 6 rings (SSSR count). The number of fused-ring (bicyclic) bond motifs is 1. The van der Waals surface area contributed by atoms with E-state index in [4.69, 9.17) is 15.7 Å². The topological polar surface area (TPSA) is 93.7 Å². The molecule has 200 valence electrons. The van der Waals surface area contributed by atoms with E-state index in [1.54, 1.807) is 6.20 Å². The van der Waals surface area contributed by atoms with Gasteiger partial charge in [-0.2, -0.15) is 0 Å². The summed E-state index contributed by atoms with van der Waals surface area (Å²) in [5.74, 6) is 1.89. The van der Waals surface area contributed by atoms with Gasteiger partial charge >= 0.3 is 0 Å². The molecule has 1 unspecified atom stereocenters. The smallest absolute Gasteiger partial charge is 0.165 e. The summed E-state index contributed by atoms with van der Waals surface area (Å²) in [5, 5.41) is 7.12. The van der Waals surface area contributed by atoms with Gasteiger partial charge in [-0.3, -0.25) is 4.57 Å². The van der Waals surface area contributed by atoms with E-state index in [9.17, 15) is 0 Å². The second kappa shape index (κ2) is 12.7. The van der Waals surface area contributed by atoms with E-state index in [-0.39, 0.29) is 0 Å². The van der Waals surface area contributed by atoms with E-state index in [1.807, 2.05) is 56.3 Å². The van der Waals surface area contributed by atoms with E-state index in [0.717, 1.165) is 65.7 Å². The number of nitrogen functional groups attached to an aromatic ring is 1. The zero-order valence-corrected chi connectivity index (χ0v) is 22.8. The molecule has 0 bridgehead atoms. The number of rotatable bonds is 7. The minimum atomic E-state index is 0.445. The number of pyridine rings is 2. The summed E-state index contributed by atoms with van der Waals surface area (Å²) >= 11 is 0. The monoisotopic (exact) mass is 519 g/mol. The SMILES string of the molecule is CC.Nc1ncccc1-c1nc2ccc(-c3ccccc3)nc2n1-c1ccc(CNCC2CCCNC2)cc1. The van der Waals surface area contributed by atoms with Crippen LogP contribution in [-0.2, 0) is 6.54 Å². The summed E-state index contributed by atoms with van der Waals surface area (Å²) in [7, 11) is 0. The maximum atomic E-state index is 6.29. The highest BCUT2D eigenvalue weighted by molar-refractivity contribution is 5.84. The third-order valence-corrected chi connectivity index (χ3v) is 7.01. The lowest BCUT2D eigenvalue weighted by atomic mass is 10.00. The Bertz CT molecular complexity index is 1490. The van der Waals surface area contributed by atoms with Crippen molar-refractivity contribution in [3.8, 4) is 28.3 Å². The lowest BCUT2D eigenvalue weighted by Gasteiger charge is -2.23. The van der Waals surface area contributed by atoms with Crippen molar-refractivity contribution in [2.24, 2.45) is 5.92 Å². The average Bonchev–Trinajstić information content (AvgIpc) is 3.38. The van der Waals surface area contributed by atoms with Crippen molar-refractivity contribution in [2.75, 3.05) is 25.4 Å². The van der Waals surface area contributed by atoms with Crippen LogP contribution in [0.1, 0.15) is 32.3 Å². The number of nitrogens with one attached hydrogen (secondary N) is 2. The van der Waals surface area contributed by atoms with Gasteiger partial charge < -0.3 is 16.4 Å². The molecular formula is C32H37N7. The lowest BCUT2D eigenvalue weighted by molar-refractivity contribution is 0.360. The number of anilines is 1. The van der Waals surface area contributed by atoms with Crippen LogP contribution < -0.4 is 16.4 Å². The molecule has 0 amide bonds. The predicted molar refractivity (Wildman–Crippen MR) is 161 cm³/mol. The number of benzene rings is 2. The van der Waals surface area contributed by atoms with Gasteiger partial charge in [0.15, 0.2) is 11.5 Å².